The minimum atomic E-state index is -0.0260. The van der Waals surface area contributed by atoms with Crippen LogP contribution in [0.3, 0.4) is 0 Å². The topological polar surface area (TPSA) is 47.0 Å². The van der Waals surface area contributed by atoms with Crippen LogP contribution in [0.15, 0.2) is 17.2 Å². The van der Waals surface area contributed by atoms with Crippen molar-refractivity contribution in [2.75, 3.05) is 13.2 Å². The monoisotopic (exact) mass is 168 g/mol. The Bertz CT molecular complexity index is 296. The molecule has 4 nitrogen and oxygen atoms in total. The van der Waals surface area contributed by atoms with Crippen molar-refractivity contribution in [3.63, 3.8) is 0 Å². The molecule has 0 radical (unpaired) electrons. The average molecular weight is 168 g/mol. The lowest BCUT2D eigenvalue weighted by Gasteiger charge is -2.05. The standard InChI is InChI=1S/C8H12N2O2/c11-8-9-2-3-10(8)5-7-1-4-12-6-7/h2-3,7H,1,4-6H2,(H,9,11). The summed E-state index contributed by atoms with van der Waals surface area (Å²) < 4.78 is 6.91. The third kappa shape index (κ3) is 1.43. The fourth-order valence-electron chi connectivity index (χ4n) is 1.50. The van der Waals surface area contributed by atoms with Gasteiger partial charge in [-0.25, -0.2) is 4.79 Å². The number of hydrogen-bond donors (Lipinski definition) is 1. The molecule has 1 aliphatic heterocycles. The van der Waals surface area contributed by atoms with Crippen molar-refractivity contribution in [2.24, 2.45) is 5.92 Å². The molecule has 4 heteroatoms. The highest BCUT2D eigenvalue weighted by molar-refractivity contribution is 4.78. The maximum absolute atomic E-state index is 11.1. The molecule has 0 aliphatic carbocycles. The van der Waals surface area contributed by atoms with E-state index in [9.17, 15) is 4.79 Å². The Balaban J connectivity index is 2.03. The predicted molar refractivity (Wildman–Crippen MR) is 44.0 cm³/mol. The molecule has 12 heavy (non-hydrogen) atoms. The molecule has 1 aliphatic rings. The van der Waals surface area contributed by atoms with Crippen LogP contribution in [-0.4, -0.2) is 22.8 Å². The average Bonchev–Trinajstić information content (AvgIpc) is 2.65. The van der Waals surface area contributed by atoms with Crippen molar-refractivity contribution >= 4 is 0 Å². The summed E-state index contributed by atoms with van der Waals surface area (Å²) in [6.45, 7) is 2.41. The third-order valence-corrected chi connectivity index (χ3v) is 2.20. The van der Waals surface area contributed by atoms with Crippen molar-refractivity contribution in [1.82, 2.24) is 9.55 Å². The van der Waals surface area contributed by atoms with Crippen LogP contribution < -0.4 is 5.69 Å². The Morgan fingerprint density at radius 1 is 1.75 bits per heavy atom. The van der Waals surface area contributed by atoms with Crippen molar-refractivity contribution in [2.45, 2.75) is 13.0 Å². The summed E-state index contributed by atoms with van der Waals surface area (Å²) in [4.78, 5) is 13.7. The van der Waals surface area contributed by atoms with Crippen molar-refractivity contribution in [1.29, 1.82) is 0 Å². The molecule has 2 rings (SSSR count). The normalized spacial score (nSPS) is 23.2. The van der Waals surface area contributed by atoms with Gasteiger partial charge >= 0.3 is 5.69 Å². The van der Waals surface area contributed by atoms with Crippen LogP contribution in [0, 0.1) is 5.92 Å². The first-order valence-electron chi connectivity index (χ1n) is 4.18. The van der Waals surface area contributed by atoms with Crippen LogP contribution in [0.2, 0.25) is 0 Å². The summed E-state index contributed by atoms with van der Waals surface area (Å²) in [6, 6.07) is 0. The van der Waals surface area contributed by atoms with E-state index >= 15 is 0 Å². The number of H-pyrrole nitrogens is 1. The number of ether oxygens (including phenoxy) is 1. The lowest BCUT2D eigenvalue weighted by molar-refractivity contribution is 0.182. The second-order valence-electron chi connectivity index (χ2n) is 3.15. The Morgan fingerprint density at radius 3 is 3.25 bits per heavy atom. The van der Waals surface area contributed by atoms with Crippen molar-refractivity contribution in [3.8, 4) is 0 Å². The highest BCUT2D eigenvalue weighted by atomic mass is 16.5. The molecule has 1 unspecified atom stereocenters. The van der Waals surface area contributed by atoms with Crippen LogP contribution >= 0.6 is 0 Å². The summed E-state index contributed by atoms with van der Waals surface area (Å²) in [5.74, 6) is 0.512. The zero-order chi connectivity index (χ0) is 8.39. The molecule has 1 saturated heterocycles. The quantitative estimate of drug-likeness (QED) is 0.686. The molecule has 0 saturated carbocycles. The van der Waals surface area contributed by atoms with E-state index in [1.165, 1.54) is 0 Å². The summed E-state index contributed by atoms with van der Waals surface area (Å²) >= 11 is 0. The van der Waals surface area contributed by atoms with Gasteiger partial charge in [-0.05, 0) is 6.42 Å². The van der Waals surface area contributed by atoms with Gasteiger partial charge in [-0.3, -0.25) is 4.57 Å². The zero-order valence-corrected chi connectivity index (χ0v) is 6.82. The van der Waals surface area contributed by atoms with Crippen LogP contribution in [-0.2, 0) is 11.3 Å². The molecule has 1 fully saturated rings. The number of aromatic nitrogens is 2. The fourth-order valence-corrected chi connectivity index (χ4v) is 1.50. The smallest absolute Gasteiger partial charge is 0.325 e. The van der Waals surface area contributed by atoms with E-state index in [-0.39, 0.29) is 5.69 Å². The predicted octanol–water partition coefficient (Wildman–Crippen LogP) is 0.213. The van der Waals surface area contributed by atoms with Crippen molar-refractivity contribution in [3.05, 3.63) is 22.9 Å². The lowest BCUT2D eigenvalue weighted by atomic mass is 10.1. The van der Waals surface area contributed by atoms with Crippen LogP contribution in [0.25, 0.3) is 0 Å². The van der Waals surface area contributed by atoms with E-state index in [0.29, 0.717) is 5.92 Å². The number of imidazole rings is 1. The molecule has 0 bridgehead atoms. The molecule has 1 N–H and O–H groups in total. The molecular weight excluding hydrogens is 156 g/mol. The zero-order valence-electron chi connectivity index (χ0n) is 6.82. The number of hydrogen-bond acceptors (Lipinski definition) is 2. The molecular formula is C8H12N2O2. The molecule has 66 valence electrons. The fraction of sp³-hybridized carbons (Fsp3) is 0.625. The van der Waals surface area contributed by atoms with Gasteiger partial charge in [-0.15, -0.1) is 0 Å². The second-order valence-corrected chi connectivity index (χ2v) is 3.15. The van der Waals surface area contributed by atoms with Gasteiger partial charge < -0.3 is 9.72 Å². The molecule has 0 amide bonds. The van der Waals surface area contributed by atoms with Gasteiger partial charge in [-0.1, -0.05) is 0 Å². The first-order chi connectivity index (χ1) is 5.86. The minimum Gasteiger partial charge on any atom is -0.381 e. The highest BCUT2D eigenvalue weighted by Crippen LogP contribution is 2.13. The van der Waals surface area contributed by atoms with Gasteiger partial charge in [0.1, 0.15) is 0 Å². The van der Waals surface area contributed by atoms with Gasteiger partial charge in [-0.2, -0.15) is 0 Å². The number of nitrogens with zero attached hydrogens (tertiary/aromatic N) is 1. The third-order valence-electron chi connectivity index (χ3n) is 2.20. The summed E-state index contributed by atoms with van der Waals surface area (Å²) in [6.07, 6.45) is 4.51. The Hall–Kier alpha value is -1.03. The van der Waals surface area contributed by atoms with E-state index in [2.05, 4.69) is 4.98 Å². The highest BCUT2D eigenvalue weighted by Gasteiger charge is 2.16. The van der Waals surface area contributed by atoms with Gasteiger partial charge in [0.15, 0.2) is 0 Å². The van der Waals surface area contributed by atoms with Gasteiger partial charge in [0.25, 0.3) is 0 Å². The maximum Gasteiger partial charge on any atom is 0.325 e. The largest absolute Gasteiger partial charge is 0.381 e. The van der Waals surface area contributed by atoms with E-state index in [1.807, 2.05) is 0 Å². The van der Waals surface area contributed by atoms with Gasteiger partial charge in [0.05, 0.1) is 6.61 Å². The van der Waals surface area contributed by atoms with Gasteiger partial charge in [0, 0.05) is 31.5 Å². The molecule has 0 spiro atoms. The van der Waals surface area contributed by atoms with E-state index in [4.69, 9.17) is 4.74 Å². The summed E-state index contributed by atoms with van der Waals surface area (Å²) in [5.41, 5.74) is -0.0260. The SMILES string of the molecule is O=c1[nH]ccn1CC1CCOC1. The summed E-state index contributed by atoms with van der Waals surface area (Å²) in [5, 5.41) is 0. The Morgan fingerprint density at radius 2 is 2.67 bits per heavy atom. The minimum absolute atomic E-state index is 0.0260. The number of rotatable bonds is 2. The first-order valence-corrected chi connectivity index (χ1v) is 4.18. The van der Waals surface area contributed by atoms with E-state index < -0.39 is 0 Å². The van der Waals surface area contributed by atoms with E-state index in [0.717, 1.165) is 26.2 Å². The lowest BCUT2D eigenvalue weighted by Crippen LogP contribution is -2.21. The number of nitrogens with one attached hydrogen (secondary N) is 1. The van der Waals surface area contributed by atoms with E-state index in [1.54, 1.807) is 17.0 Å². The van der Waals surface area contributed by atoms with Crippen LogP contribution in [0.4, 0.5) is 0 Å². The van der Waals surface area contributed by atoms with Gasteiger partial charge in [0.2, 0.25) is 0 Å². The maximum atomic E-state index is 11.1. The molecule has 2 heterocycles. The van der Waals surface area contributed by atoms with Crippen LogP contribution in [0.5, 0.6) is 0 Å². The molecule has 0 aromatic carbocycles. The number of aromatic amines is 1. The molecule has 1 aromatic heterocycles. The second kappa shape index (κ2) is 3.15. The molecule has 1 aromatic rings. The summed E-state index contributed by atoms with van der Waals surface area (Å²) in [7, 11) is 0. The van der Waals surface area contributed by atoms with Crippen molar-refractivity contribution < 1.29 is 4.74 Å². The Kier molecular flexibility index (Phi) is 1.99. The Labute approximate surface area is 70.2 Å². The molecule has 1 atom stereocenters. The first kappa shape index (κ1) is 7.61. The van der Waals surface area contributed by atoms with Crippen LogP contribution in [0.1, 0.15) is 6.42 Å².